The molecule has 0 aliphatic rings. The molecule has 0 bridgehead atoms. The zero-order chi connectivity index (χ0) is 13.7. The Kier molecular flexibility index (Phi) is 4.93. The molecule has 1 unspecified atom stereocenters. The first-order valence-electron chi connectivity index (χ1n) is 6.54. The summed E-state index contributed by atoms with van der Waals surface area (Å²) in [5, 5.41) is 6.62. The Labute approximate surface area is 118 Å². The van der Waals surface area contributed by atoms with Crippen LogP contribution in [0.2, 0.25) is 0 Å². The smallest absolute Gasteiger partial charge is 0.119 e. The molecule has 4 heteroatoms. The van der Waals surface area contributed by atoms with Gasteiger partial charge in [0.2, 0.25) is 0 Å². The van der Waals surface area contributed by atoms with Crippen LogP contribution >= 0.6 is 11.3 Å². The number of aromatic nitrogens is 1. The fourth-order valence-electron chi connectivity index (χ4n) is 2.05. The van der Waals surface area contributed by atoms with E-state index in [4.69, 9.17) is 4.74 Å². The van der Waals surface area contributed by atoms with Gasteiger partial charge in [-0.3, -0.25) is 0 Å². The predicted octanol–water partition coefficient (Wildman–Crippen LogP) is 3.35. The van der Waals surface area contributed by atoms with Crippen molar-refractivity contribution < 1.29 is 4.74 Å². The summed E-state index contributed by atoms with van der Waals surface area (Å²) in [6.07, 6.45) is 0.907. The number of aryl methyl sites for hydroxylation is 1. The number of nitrogens with zero attached hydrogens (tertiary/aromatic N) is 1. The van der Waals surface area contributed by atoms with E-state index in [2.05, 4.69) is 27.8 Å². The summed E-state index contributed by atoms with van der Waals surface area (Å²) < 4.78 is 5.55. The van der Waals surface area contributed by atoms with E-state index in [0.29, 0.717) is 6.61 Å². The Balaban J connectivity index is 2.14. The van der Waals surface area contributed by atoms with Crippen molar-refractivity contribution in [1.82, 2.24) is 10.3 Å². The molecule has 102 valence electrons. The fraction of sp³-hybridized carbons (Fsp3) is 0.400. The monoisotopic (exact) mass is 276 g/mol. The van der Waals surface area contributed by atoms with Crippen LogP contribution in [0.1, 0.15) is 29.2 Å². The van der Waals surface area contributed by atoms with Crippen molar-refractivity contribution in [2.24, 2.45) is 0 Å². The number of nitrogens with one attached hydrogen (secondary N) is 1. The van der Waals surface area contributed by atoms with Crippen LogP contribution in [0.3, 0.4) is 0 Å². The third kappa shape index (κ3) is 3.78. The van der Waals surface area contributed by atoms with E-state index < -0.39 is 0 Å². The molecule has 0 radical (unpaired) electrons. The predicted molar refractivity (Wildman–Crippen MR) is 80.0 cm³/mol. The first kappa shape index (κ1) is 14.0. The Morgan fingerprint density at radius 2 is 2.26 bits per heavy atom. The van der Waals surface area contributed by atoms with Gasteiger partial charge in [0.05, 0.1) is 11.6 Å². The van der Waals surface area contributed by atoms with Crippen LogP contribution in [0.25, 0.3) is 0 Å². The van der Waals surface area contributed by atoms with E-state index in [-0.39, 0.29) is 6.04 Å². The van der Waals surface area contributed by atoms with Crippen LogP contribution in [0.15, 0.2) is 29.6 Å². The summed E-state index contributed by atoms with van der Waals surface area (Å²) >= 11 is 1.72. The van der Waals surface area contributed by atoms with E-state index in [1.54, 1.807) is 11.3 Å². The molecule has 2 aromatic rings. The molecular formula is C15H20N2OS. The van der Waals surface area contributed by atoms with E-state index in [0.717, 1.165) is 17.9 Å². The lowest BCUT2D eigenvalue weighted by atomic mass is 10.0. The van der Waals surface area contributed by atoms with Gasteiger partial charge in [-0.2, -0.15) is 0 Å². The summed E-state index contributed by atoms with van der Waals surface area (Å²) in [5.41, 5.74) is 2.33. The van der Waals surface area contributed by atoms with Gasteiger partial charge in [0, 0.05) is 23.5 Å². The molecule has 0 aliphatic heterocycles. The van der Waals surface area contributed by atoms with Gasteiger partial charge in [0.15, 0.2) is 0 Å². The van der Waals surface area contributed by atoms with Crippen LogP contribution in [0.5, 0.6) is 5.75 Å². The quantitative estimate of drug-likeness (QED) is 0.878. The second kappa shape index (κ2) is 6.68. The van der Waals surface area contributed by atoms with Crippen molar-refractivity contribution in [1.29, 1.82) is 0 Å². The van der Waals surface area contributed by atoms with Crippen LogP contribution in [0, 0.1) is 6.92 Å². The molecule has 1 aromatic carbocycles. The highest BCUT2D eigenvalue weighted by Gasteiger charge is 2.13. The SMILES string of the molecule is CCOc1cccc(C(Cc2nc(C)cs2)NC)c1. The number of hydrogen-bond acceptors (Lipinski definition) is 4. The lowest BCUT2D eigenvalue weighted by molar-refractivity contribution is 0.339. The second-order valence-corrected chi connectivity index (χ2v) is 5.38. The van der Waals surface area contributed by atoms with Gasteiger partial charge in [-0.05, 0) is 38.6 Å². The Morgan fingerprint density at radius 3 is 2.89 bits per heavy atom. The maximum absolute atomic E-state index is 5.55. The largest absolute Gasteiger partial charge is 0.494 e. The van der Waals surface area contributed by atoms with Gasteiger partial charge in [-0.15, -0.1) is 11.3 Å². The first-order chi connectivity index (χ1) is 9.22. The minimum absolute atomic E-state index is 0.269. The molecule has 1 N–H and O–H groups in total. The van der Waals surface area contributed by atoms with Gasteiger partial charge >= 0.3 is 0 Å². The molecule has 0 saturated carbocycles. The second-order valence-electron chi connectivity index (χ2n) is 4.43. The molecule has 0 amide bonds. The van der Waals surface area contributed by atoms with Gasteiger partial charge in [-0.25, -0.2) is 4.98 Å². The number of likely N-dealkylation sites (N-methyl/N-ethyl adjacent to an activating group) is 1. The molecule has 0 aliphatic carbocycles. The molecule has 0 saturated heterocycles. The Bertz CT molecular complexity index is 524. The normalized spacial score (nSPS) is 12.4. The number of rotatable bonds is 6. The average molecular weight is 276 g/mol. The molecule has 1 atom stereocenters. The van der Waals surface area contributed by atoms with Crippen LogP contribution < -0.4 is 10.1 Å². The van der Waals surface area contributed by atoms with Crippen molar-refractivity contribution in [3.8, 4) is 5.75 Å². The van der Waals surface area contributed by atoms with Crippen molar-refractivity contribution in [3.05, 3.63) is 45.9 Å². The summed E-state index contributed by atoms with van der Waals surface area (Å²) in [7, 11) is 1.98. The molecule has 1 heterocycles. The van der Waals surface area contributed by atoms with Gasteiger partial charge < -0.3 is 10.1 Å². The average Bonchev–Trinajstić information content (AvgIpc) is 2.82. The Morgan fingerprint density at radius 1 is 1.42 bits per heavy atom. The third-order valence-corrected chi connectivity index (χ3v) is 3.95. The zero-order valence-electron chi connectivity index (χ0n) is 11.6. The third-order valence-electron chi connectivity index (χ3n) is 2.97. The van der Waals surface area contributed by atoms with E-state index in [9.17, 15) is 0 Å². The molecular weight excluding hydrogens is 256 g/mol. The standard InChI is InChI=1S/C15H20N2OS/c1-4-18-13-7-5-6-12(8-13)14(16-3)9-15-17-11(2)10-19-15/h5-8,10,14,16H,4,9H2,1-3H3. The number of ether oxygens (including phenoxy) is 1. The number of thiazole rings is 1. The minimum atomic E-state index is 0.269. The summed E-state index contributed by atoms with van der Waals surface area (Å²) in [4.78, 5) is 4.53. The van der Waals surface area contributed by atoms with Crippen LogP contribution in [0.4, 0.5) is 0 Å². The molecule has 0 fully saturated rings. The highest BCUT2D eigenvalue weighted by molar-refractivity contribution is 7.09. The molecule has 19 heavy (non-hydrogen) atoms. The van der Waals surface area contributed by atoms with Crippen molar-refractivity contribution >= 4 is 11.3 Å². The summed E-state index contributed by atoms with van der Waals surface area (Å²) in [6.45, 7) is 4.73. The highest BCUT2D eigenvalue weighted by atomic mass is 32.1. The first-order valence-corrected chi connectivity index (χ1v) is 7.42. The molecule has 3 nitrogen and oxygen atoms in total. The molecule has 1 aromatic heterocycles. The highest BCUT2D eigenvalue weighted by Crippen LogP contribution is 2.23. The maximum Gasteiger partial charge on any atom is 0.119 e. The number of hydrogen-bond donors (Lipinski definition) is 1. The topological polar surface area (TPSA) is 34.1 Å². The zero-order valence-corrected chi connectivity index (χ0v) is 12.5. The van der Waals surface area contributed by atoms with Gasteiger partial charge in [-0.1, -0.05) is 12.1 Å². The van der Waals surface area contributed by atoms with Crippen molar-refractivity contribution in [2.75, 3.05) is 13.7 Å². The lowest BCUT2D eigenvalue weighted by Crippen LogP contribution is -2.18. The summed E-state index contributed by atoms with van der Waals surface area (Å²) in [6, 6.07) is 8.53. The summed E-state index contributed by atoms with van der Waals surface area (Å²) in [5.74, 6) is 0.926. The molecule has 2 rings (SSSR count). The van der Waals surface area contributed by atoms with E-state index in [1.807, 2.05) is 33.0 Å². The van der Waals surface area contributed by atoms with E-state index in [1.165, 1.54) is 10.6 Å². The minimum Gasteiger partial charge on any atom is -0.494 e. The van der Waals surface area contributed by atoms with Crippen LogP contribution in [-0.4, -0.2) is 18.6 Å². The van der Waals surface area contributed by atoms with Crippen molar-refractivity contribution in [2.45, 2.75) is 26.3 Å². The fourth-order valence-corrected chi connectivity index (χ4v) is 2.86. The van der Waals surface area contributed by atoms with Crippen LogP contribution in [-0.2, 0) is 6.42 Å². The lowest BCUT2D eigenvalue weighted by Gasteiger charge is -2.16. The van der Waals surface area contributed by atoms with Crippen molar-refractivity contribution in [3.63, 3.8) is 0 Å². The number of benzene rings is 1. The van der Waals surface area contributed by atoms with Gasteiger partial charge in [0.1, 0.15) is 5.75 Å². The van der Waals surface area contributed by atoms with E-state index >= 15 is 0 Å². The van der Waals surface area contributed by atoms with Gasteiger partial charge in [0.25, 0.3) is 0 Å². The Hall–Kier alpha value is -1.39. The maximum atomic E-state index is 5.55. The molecule has 0 spiro atoms.